The molecule has 0 radical (unpaired) electrons. The van der Waals surface area contributed by atoms with Gasteiger partial charge in [0.1, 0.15) is 0 Å². The first-order chi connectivity index (χ1) is 6.61. The summed E-state index contributed by atoms with van der Waals surface area (Å²) < 4.78 is 23.6. The van der Waals surface area contributed by atoms with Gasteiger partial charge >= 0.3 is 0 Å². The topological polar surface area (TPSA) is 76.7 Å². The number of halogens is 3. The van der Waals surface area contributed by atoms with Crippen LogP contribution in [-0.4, -0.2) is 27.9 Å². The van der Waals surface area contributed by atoms with Gasteiger partial charge in [-0.2, -0.15) is 15.0 Å². The van der Waals surface area contributed by atoms with Crippen LogP contribution in [0.1, 0.15) is 5.82 Å². The third-order valence-corrected chi connectivity index (χ3v) is 1.47. The maximum Gasteiger partial charge on any atom is 0.255 e. The number of anilines is 2. The summed E-state index contributed by atoms with van der Waals surface area (Å²) in [5.41, 5.74) is 5.29. The molecule has 0 saturated carbocycles. The van der Waals surface area contributed by atoms with E-state index in [1.165, 1.54) is 0 Å². The van der Waals surface area contributed by atoms with Crippen LogP contribution in [0.3, 0.4) is 0 Å². The second-order valence-corrected chi connectivity index (χ2v) is 2.61. The van der Waals surface area contributed by atoms with Crippen molar-refractivity contribution in [3.63, 3.8) is 0 Å². The highest BCUT2D eigenvalue weighted by atomic mass is 35.5. The van der Waals surface area contributed by atoms with Crippen molar-refractivity contribution in [1.29, 1.82) is 0 Å². The summed E-state index contributed by atoms with van der Waals surface area (Å²) in [7, 11) is 0. The Labute approximate surface area is 83.7 Å². The minimum atomic E-state index is -2.48. The van der Waals surface area contributed by atoms with Gasteiger partial charge in [0.15, 0.2) is 5.82 Å². The number of alkyl halides is 3. The molecule has 0 atom stereocenters. The number of rotatable bonds is 4. The lowest BCUT2D eigenvalue weighted by atomic mass is 10.6. The Morgan fingerprint density at radius 1 is 1.36 bits per heavy atom. The van der Waals surface area contributed by atoms with Gasteiger partial charge in [0, 0.05) is 0 Å². The van der Waals surface area contributed by atoms with Gasteiger partial charge in [-0.15, -0.1) is 11.6 Å². The molecular formula is C6H8ClF2N5. The van der Waals surface area contributed by atoms with Crippen LogP contribution in [0.5, 0.6) is 0 Å². The zero-order valence-electron chi connectivity index (χ0n) is 7.04. The quantitative estimate of drug-likeness (QED) is 0.741. The second-order valence-electron chi connectivity index (χ2n) is 2.34. The van der Waals surface area contributed by atoms with Crippen LogP contribution in [0, 0.1) is 0 Å². The van der Waals surface area contributed by atoms with Crippen molar-refractivity contribution < 1.29 is 8.78 Å². The van der Waals surface area contributed by atoms with Crippen LogP contribution in [-0.2, 0) is 5.88 Å². The van der Waals surface area contributed by atoms with Crippen molar-refractivity contribution in [2.75, 3.05) is 17.6 Å². The van der Waals surface area contributed by atoms with Crippen LogP contribution in [0.4, 0.5) is 20.7 Å². The lowest BCUT2D eigenvalue weighted by molar-refractivity contribution is 0.163. The maximum absolute atomic E-state index is 11.8. The minimum absolute atomic E-state index is 0.00782. The summed E-state index contributed by atoms with van der Waals surface area (Å²) in [5.74, 6) is 0.257. The highest BCUT2D eigenvalue weighted by Gasteiger charge is 2.06. The van der Waals surface area contributed by atoms with Crippen LogP contribution in [0.15, 0.2) is 0 Å². The molecule has 0 fully saturated rings. The lowest BCUT2D eigenvalue weighted by Gasteiger charge is -2.04. The van der Waals surface area contributed by atoms with E-state index in [0.717, 1.165) is 0 Å². The highest BCUT2D eigenvalue weighted by Crippen LogP contribution is 2.05. The van der Waals surface area contributed by atoms with Crippen LogP contribution >= 0.6 is 11.6 Å². The monoisotopic (exact) mass is 223 g/mol. The molecule has 0 bridgehead atoms. The number of hydrogen-bond donors (Lipinski definition) is 2. The zero-order chi connectivity index (χ0) is 10.6. The molecule has 0 unspecified atom stereocenters. The van der Waals surface area contributed by atoms with Crippen LogP contribution in [0.2, 0.25) is 0 Å². The SMILES string of the molecule is Nc1nc(CCl)nc(NCC(F)F)n1. The van der Waals surface area contributed by atoms with Crippen molar-refractivity contribution in [3.05, 3.63) is 5.82 Å². The Morgan fingerprint density at radius 2 is 2.07 bits per heavy atom. The molecule has 1 aromatic rings. The first-order valence-electron chi connectivity index (χ1n) is 3.70. The van der Waals surface area contributed by atoms with E-state index >= 15 is 0 Å². The van der Waals surface area contributed by atoms with Gasteiger partial charge in [0.05, 0.1) is 12.4 Å². The molecule has 0 aromatic carbocycles. The molecule has 0 saturated heterocycles. The van der Waals surface area contributed by atoms with Gasteiger partial charge in [0.2, 0.25) is 11.9 Å². The van der Waals surface area contributed by atoms with E-state index in [1.807, 2.05) is 0 Å². The molecule has 8 heteroatoms. The lowest BCUT2D eigenvalue weighted by Crippen LogP contribution is -2.14. The third-order valence-electron chi connectivity index (χ3n) is 1.23. The summed E-state index contributed by atoms with van der Waals surface area (Å²) in [6, 6.07) is 0. The van der Waals surface area contributed by atoms with E-state index in [1.54, 1.807) is 0 Å². The summed E-state index contributed by atoms with van der Waals surface area (Å²) >= 11 is 5.45. The Kier molecular flexibility index (Phi) is 3.75. The molecule has 3 N–H and O–H groups in total. The molecule has 0 spiro atoms. The van der Waals surface area contributed by atoms with Gasteiger partial charge in [-0.3, -0.25) is 0 Å². The third kappa shape index (κ3) is 3.25. The second kappa shape index (κ2) is 4.85. The van der Waals surface area contributed by atoms with Gasteiger partial charge in [-0.05, 0) is 0 Å². The molecule has 1 rings (SSSR count). The Hall–Kier alpha value is -1.24. The van der Waals surface area contributed by atoms with Crippen LogP contribution < -0.4 is 11.1 Å². The number of nitrogens with zero attached hydrogens (tertiary/aromatic N) is 3. The molecule has 1 heterocycles. The molecule has 0 aliphatic rings. The summed E-state index contributed by atoms with van der Waals surface area (Å²) in [4.78, 5) is 11.0. The van der Waals surface area contributed by atoms with Crippen molar-refractivity contribution in [3.8, 4) is 0 Å². The Morgan fingerprint density at radius 3 is 2.64 bits per heavy atom. The first-order valence-corrected chi connectivity index (χ1v) is 4.23. The molecule has 14 heavy (non-hydrogen) atoms. The fraction of sp³-hybridized carbons (Fsp3) is 0.500. The molecular weight excluding hydrogens is 216 g/mol. The molecule has 0 aliphatic heterocycles. The van der Waals surface area contributed by atoms with Gasteiger partial charge in [-0.25, -0.2) is 8.78 Å². The van der Waals surface area contributed by atoms with E-state index in [4.69, 9.17) is 17.3 Å². The molecule has 1 aromatic heterocycles. The number of nitrogen functional groups attached to an aromatic ring is 1. The predicted octanol–water partition coefficient (Wildman–Crippen LogP) is 0.870. The van der Waals surface area contributed by atoms with Crippen molar-refractivity contribution in [1.82, 2.24) is 15.0 Å². The summed E-state index contributed by atoms with van der Waals surface area (Å²) in [5, 5.41) is 2.31. The van der Waals surface area contributed by atoms with Crippen molar-refractivity contribution in [2.24, 2.45) is 0 Å². The molecule has 78 valence electrons. The predicted molar refractivity (Wildman–Crippen MR) is 48.3 cm³/mol. The number of aromatic nitrogens is 3. The molecule has 0 aliphatic carbocycles. The fourth-order valence-corrected chi connectivity index (χ4v) is 0.865. The summed E-state index contributed by atoms with van der Waals surface area (Å²) in [6.07, 6.45) is -2.48. The maximum atomic E-state index is 11.8. The number of nitrogens with two attached hydrogens (primary N) is 1. The zero-order valence-corrected chi connectivity index (χ0v) is 7.80. The van der Waals surface area contributed by atoms with E-state index in [9.17, 15) is 8.78 Å². The summed E-state index contributed by atoms with van der Waals surface area (Å²) in [6.45, 7) is -0.537. The molecule has 5 nitrogen and oxygen atoms in total. The van der Waals surface area contributed by atoms with Gasteiger partial charge in [-0.1, -0.05) is 0 Å². The fourth-order valence-electron chi connectivity index (χ4n) is 0.745. The first kappa shape index (κ1) is 10.8. The van der Waals surface area contributed by atoms with Crippen molar-refractivity contribution >= 4 is 23.5 Å². The largest absolute Gasteiger partial charge is 0.368 e. The average Bonchev–Trinajstić information content (AvgIpc) is 2.14. The Bertz CT molecular complexity index is 308. The highest BCUT2D eigenvalue weighted by molar-refractivity contribution is 6.16. The standard InChI is InChI=1S/C6H8ClF2N5/c7-1-4-12-5(10)14-6(13-4)11-2-3(8)9/h3H,1-2H2,(H3,10,11,12,13,14). The van der Waals surface area contributed by atoms with Crippen molar-refractivity contribution in [2.45, 2.75) is 12.3 Å². The van der Waals surface area contributed by atoms with E-state index in [0.29, 0.717) is 0 Å². The number of hydrogen-bond acceptors (Lipinski definition) is 5. The van der Waals surface area contributed by atoms with Gasteiger partial charge in [0.25, 0.3) is 6.43 Å². The normalized spacial score (nSPS) is 10.6. The van der Waals surface area contributed by atoms with Gasteiger partial charge < -0.3 is 11.1 Å². The van der Waals surface area contributed by atoms with E-state index in [2.05, 4.69) is 20.3 Å². The average molecular weight is 224 g/mol. The van der Waals surface area contributed by atoms with Crippen LogP contribution in [0.25, 0.3) is 0 Å². The Balaban J connectivity index is 2.71. The van der Waals surface area contributed by atoms with E-state index in [-0.39, 0.29) is 23.6 Å². The minimum Gasteiger partial charge on any atom is -0.368 e. The number of nitrogens with one attached hydrogen (secondary N) is 1. The molecule has 0 amide bonds. The van der Waals surface area contributed by atoms with E-state index < -0.39 is 13.0 Å². The smallest absolute Gasteiger partial charge is 0.255 e.